The van der Waals surface area contributed by atoms with Gasteiger partial charge in [-0.15, -0.1) is 23.1 Å². The van der Waals surface area contributed by atoms with Gasteiger partial charge in [-0.3, -0.25) is 0 Å². The van der Waals surface area contributed by atoms with Gasteiger partial charge < -0.3 is 10.1 Å². The van der Waals surface area contributed by atoms with E-state index in [4.69, 9.17) is 4.74 Å². The van der Waals surface area contributed by atoms with E-state index in [-0.39, 0.29) is 0 Å². The zero-order valence-electron chi connectivity index (χ0n) is 9.20. The molecule has 1 aromatic heterocycles. The molecule has 4 heteroatoms. The molecule has 0 aromatic carbocycles. The average molecular weight is 245 g/mol. The third-order valence-electron chi connectivity index (χ3n) is 1.97. The highest BCUT2D eigenvalue weighted by molar-refractivity contribution is 8.01. The molecule has 1 N–H and O–H groups in total. The van der Waals surface area contributed by atoms with Crippen molar-refractivity contribution in [1.29, 1.82) is 0 Å². The van der Waals surface area contributed by atoms with Crippen molar-refractivity contribution in [1.82, 2.24) is 5.32 Å². The van der Waals surface area contributed by atoms with Gasteiger partial charge in [0.25, 0.3) is 0 Å². The van der Waals surface area contributed by atoms with E-state index >= 15 is 0 Å². The van der Waals surface area contributed by atoms with E-state index < -0.39 is 0 Å². The van der Waals surface area contributed by atoms with Crippen LogP contribution in [0.1, 0.15) is 12.8 Å². The molecule has 1 aromatic rings. The Kier molecular flexibility index (Phi) is 8.01. The van der Waals surface area contributed by atoms with Gasteiger partial charge in [-0.1, -0.05) is 6.07 Å². The van der Waals surface area contributed by atoms with Gasteiger partial charge in [-0.05, 0) is 36.6 Å². The van der Waals surface area contributed by atoms with Crippen molar-refractivity contribution < 1.29 is 4.74 Å². The summed E-state index contributed by atoms with van der Waals surface area (Å²) in [5, 5.41) is 5.48. The molecule has 1 heterocycles. The summed E-state index contributed by atoms with van der Waals surface area (Å²) in [5.74, 6) is 1.23. The van der Waals surface area contributed by atoms with Gasteiger partial charge in [0, 0.05) is 13.7 Å². The minimum Gasteiger partial charge on any atom is -0.383 e. The fraction of sp³-hybridized carbons (Fsp3) is 0.636. The van der Waals surface area contributed by atoms with E-state index in [0.717, 1.165) is 19.7 Å². The van der Waals surface area contributed by atoms with Gasteiger partial charge in [0.2, 0.25) is 0 Å². The van der Waals surface area contributed by atoms with Crippen LogP contribution in [-0.4, -0.2) is 32.6 Å². The predicted molar refractivity (Wildman–Crippen MR) is 69.0 cm³/mol. The zero-order chi connectivity index (χ0) is 10.8. The second-order valence-electron chi connectivity index (χ2n) is 3.23. The molecule has 86 valence electrons. The van der Waals surface area contributed by atoms with E-state index in [2.05, 4.69) is 22.8 Å². The van der Waals surface area contributed by atoms with Crippen LogP contribution in [0, 0.1) is 0 Å². The maximum atomic E-state index is 4.95. The Morgan fingerprint density at radius 3 is 3.07 bits per heavy atom. The lowest BCUT2D eigenvalue weighted by molar-refractivity contribution is 0.199. The van der Waals surface area contributed by atoms with Crippen LogP contribution < -0.4 is 5.32 Å². The minimum absolute atomic E-state index is 0.809. The van der Waals surface area contributed by atoms with Crippen molar-refractivity contribution in [2.45, 2.75) is 17.1 Å². The van der Waals surface area contributed by atoms with Crippen molar-refractivity contribution in [3.8, 4) is 0 Å². The Labute approximate surface area is 100 Å². The van der Waals surface area contributed by atoms with Gasteiger partial charge in [-0.2, -0.15) is 0 Å². The first-order valence-electron chi connectivity index (χ1n) is 5.29. The van der Waals surface area contributed by atoms with Crippen molar-refractivity contribution in [2.24, 2.45) is 0 Å². The van der Waals surface area contributed by atoms with E-state index in [9.17, 15) is 0 Å². The number of ether oxygens (including phenoxy) is 1. The summed E-state index contributed by atoms with van der Waals surface area (Å²) < 4.78 is 6.39. The highest BCUT2D eigenvalue weighted by Crippen LogP contribution is 2.23. The fourth-order valence-corrected chi connectivity index (χ4v) is 3.03. The molecule has 0 saturated carbocycles. The molecule has 0 amide bonds. The van der Waals surface area contributed by atoms with Gasteiger partial charge in [0.15, 0.2) is 0 Å². The van der Waals surface area contributed by atoms with Crippen LogP contribution in [-0.2, 0) is 4.74 Å². The Balaban J connectivity index is 1.81. The zero-order valence-corrected chi connectivity index (χ0v) is 10.8. The maximum absolute atomic E-state index is 4.95. The fourth-order valence-electron chi connectivity index (χ4n) is 1.17. The Morgan fingerprint density at radius 2 is 2.33 bits per heavy atom. The number of nitrogens with one attached hydrogen (secondary N) is 1. The molecule has 0 atom stereocenters. The first-order valence-corrected chi connectivity index (χ1v) is 7.16. The molecule has 0 spiro atoms. The summed E-state index contributed by atoms with van der Waals surface area (Å²) in [6.45, 7) is 2.88. The van der Waals surface area contributed by atoms with Gasteiger partial charge in [0.05, 0.1) is 10.8 Å². The van der Waals surface area contributed by atoms with E-state index in [0.29, 0.717) is 0 Å². The van der Waals surface area contributed by atoms with Crippen LogP contribution in [0.5, 0.6) is 0 Å². The van der Waals surface area contributed by atoms with Gasteiger partial charge in [-0.25, -0.2) is 0 Å². The Bertz CT molecular complexity index is 227. The number of hydrogen-bond acceptors (Lipinski definition) is 4. The number of thiophene rings is 1. The summed E-state index contributed by atoms with van der Waals surface area (Å²) in [4.78, 5) is 0. The first kappa shape index (κ1) is 13.0. The topological polar surface area (TPSA) is 21.3 Å². The van der Waals surface area contributed by atoms with Crippen molar-refractivity contribution in [3.63, 3.8) is 0 Å². The number of unbranched alkanes of at least 4 members (excludes halogenated alkanes) is 1. The predicted octanol–water partition coefficient (Wildman–Crippen LogP) is 2.86. The van der Waals surface area contributed by atoms with Crippen LogP contribution in [0.15, 0.2) is 21.7 Å². The SMILES string of the molecule is COCCNCCCCSc1cccs1. The summed E-state index contributed by atoms with van der Waals surface area (Å²) in [5.41, 5.74) is 0. The summed E-state index contributed by atoms with van der Waals surface area (Å²) >= 11 is 3.79. The lowest BCUT2D eigenvalue weighted by atomic mass is 10.3. The Morgan fingerprint density at radius 1 is 1.40 bits per heavy atom. The lowest BCUT2D eigenvalue weighted by Crippen LogP contribution is -2.20. The van der Waals surface area contributed by atoms with Crippen molar-refractivity contribution >= 4 is 23.1 Å². The van der Waals surface area contributed by atoms with Crippen LogP contribution in [0.3, 0.4) is 0 Å². The van der Waals surface area contributed by atoms with Crippen LogP contribution in [0.25, 0.3) is 0 Å². The number of rotatable bonds is 9. The van der Waals surface area contributed by atoms with E-state index in [1.54, 1.807) is 7.11 Å². The number of thioether (sulfide) groups is 1. The first-order chi connectivity index (χ1) is 7.43. The molecule has 1 rings (SSSR count). The molecule has 0 aliphatic carbocycles. The molecule has 0 bridgehead atoms. The van der Waals surface area contributed by atoms with E-state index in [1.807, 2.05) is 23.1 Å². The van der Waals surface area contributed by atoms with Gasteiger partial charge in [0.1, 0.15) is 0 Å². The highest BCUT2D eigenvalue weighted by atomic mass is 32.2. The minimum atomic E-state index is 0.809. The molecule has 0 aliphatic heterocycles. The Hall–Kier alpha value is -0.0300. The standard InChI is InChI=1S/C11H19NOS2/c1-13-8-7-12-6-2-3-9-14-11-5-4-10-15-11/h4-5,10,12H,2-3,6-9H2,1H3. The van der Waals surface area contributed by atoms with Crippen LogP contribution in [0.2, 0.25) is 0 Å². The summed E-state index contributed by atoms with van der Waals surface area (Å²) in [6.07, 6.45) is 2.53. The molecule has 0 unspecified atom stereocenters. The molecule has 0 fully saturated rings. The maximum Gasteiger partial charge on any atom is 0.0598 e. The smallest absolute Gasteiger partial charge is 0.0598 e. The summed E-state index contributed by atoms with van der Waals surface area (Å²) in [7, 11) is 1.74. The number of hydrogen-bond donors (Lipinski definition) is 1. The monoisotopic (exact) mass is 245 g/mol. The molecular weight excluding hydrogens is 226 g/mol. The molecule has 0 aliphatic rings. The third-order valence-corrected chi connectivity index (χ3v) is 4.19. The third kappa shape index (κ3) is 6.95. The largest absolute Gasteiger partial charge is 0.383 e. The van der Waals surface area contributed by atoms with Crippen LogP contribution >= 0.6 is 23.1 Å². The molecule has 0 saturated heterocycles. The normalized spacial score (nSPS) is 10.7. The number of methoxy groups -OCH3 is 1. The second-order valence-corrected chi connectivity index (χ2v) is 5.57. The van der Waals surface area contributed by atoms with E-state index in [1.165, 1.54) is 22.8 Å². The average Bonchev–Trinajstić information content (AvgIpc) is 2.75. The molecule has 2 nitrogen and oxygen atoms in total. The molecule has 15 heavy (non-hydrogen) atoms. The highest BCUT2D eigenvalue weighted by Gasteiger charge is 1.94. The van der Waals surface area contributed by atoms with Gasteiger partial charge >= 0.3 is 0 Å². The second kappa shape index (κ2) is 9.21. The summed E-state index contributed by atoms with van der Waals surface area (Å²) in [6, 6.07) is 4.30. The van der Waals surface area contributed by atoms with Crippen LogP contribution in [0.4, 0.5) is 0 Å². The molecule has 0 radical (unpaired) electrons. The quantitative estimate of drug-likeness (QED) is 0.534. The van der Waals surface area contributed by atoms with Crippen molar-refractivity contribution in [3.05, 3.63) is 17.5 Å². The molecular formula is C11H19NOS2. The van der Waals surface area contributed by atoms with Crippen molar-refractivity contribution in [2.75, 3.05) is 32.6 Å². The lowest BCUT2D eigenvalue weighted by Gasteiger charge is -2.03.